The molecule has 0 radical (unpaired) electrons. The van der Waals surface area contributed by atoms with Crippen LogP contribution in [0.1, 0.15) is 5.76 Å². The summed E-state index contributed by atoms with van der Waals surface area (Å²) in [5.41, 5.74) is 0.413. The fourth-order valence-electron chi connectivity index (χ4n) is 2.93. The summed E-state index contributed by atoms with van der Waals surface area (Å²) >= 11 is 12.0. The summed E-state index contributed by atoms with van der Waals surface area (Å²) in [5.74, 6) is -0.0511. The van der Waals surface area contributed by atoms with E-state index in [2.05, 4.69) is 5.32 Å². The molecule has 0 bridgehead atoms. The van der Waals surface area contributed by atoms with E-state index in [-0.39, 0.29) is 38.5 Å². The van der Waals surface area contributed by atoms with Crippen LogP contribution < -0.4 is 10.2 Å². The molecule has 4 rings (SSSR count). The van der Waals surface area contributed by atoms with Gasteiger partial charge in [0, 0.05) is 17.7 Å². The fourth-order valence-corrected chi connectivity index (χ4v) is 3.48. The first-order chi connectivity index (χ1) is 14.3. The molecule has 0 saturated carbocycles. The van der Waals surface area contributed by atoms with E-state index in [4.69, 9.17) is 27.6 Å². The van der Waals surface area contributed by atoms with Crippen molar-refractivity contribution in [3.05, 3.63) is 86.2 Å². The Morgan fingerprint density at radius 1 is 1.03 bits per heavy atom. The minimum Gasteiger partial charge on any atom is -0.457 e. The van der Waals surface area contributed by atoms with E-state index in [0.717, 1.165) is 4.90 Å². The van der Waals surface area contributed by atoms with Crippen LogP contribution in [0.4, 0.5) is 16.2 Å². The average Bonchev–Trinajstić information content (AvgIpc) is 3.27. The Kier molecular flexibility index (Phi) is 5.03. The molecule has 1 N–H and O–H groups in total. The zero-order chi connectivity index (χ0) is 21.4. The summed E-state index contributed by atoms with van der Waals surface area (Å²) in [5, 5.41) is 13.7. The molecule has 1 aliphatic rings. The van der Waals surface area contributed by atoms with E-state index in [1.807, 2.05) is 0 Å². The molecule has 0 atom stereocenters. The molecule has 3 aromatic rings. The number of rotatable bonds is 4. The lowest BCUT2D eigenvalue weighted by Gasteiger charge is -2.10. The smallest absolute Gasteiger partial charge is 0.333 e. The number of urea groups is 1. The lowest BCUT2D eigenvalue weighted by Crippen LogP contribution is -2.30. The zero-order valence-corrected chi connectivity index (χ0v) is 16.5. The predicted molar refractivity (Wildman–Crippen MR) is 111 cm³/mol. The van der Waals surface area contributed by atoms with Crippen molar-refractivity contribution < 1.29 is 18.9 Å². The lowest BCUT2D eigenvalue weighted by atomic mass is 10.1. The molecule has 2 aromatic carbocycles. The second-order valence-corrected chi connectivity index (χ2v) is 7.02. The number of furan rings is 1. The summed E-state index contributed by atoms with van der Waals surface area (Å²) in [6, 6.07) is 13.5. The normalized spacial score (nSPS) is 15.0. The Morgan fingerprint density at radius 3 is 2.47 bits per heavy atom. The minimum atomic E-state index is -0.626. The molecule has 0 unspecified atom stereocenters. The summed E-state index contributed by atoms with van der Waals surface area (Å²) in [7, 11) is 0. The standard InChI is InChI=1S/C20H11Cl2N3O5/c21-14-10-15(22)17(25(28)29)9-13(14)18-7-6-12(30-18)8-16-19(26)24(20(27)23-16)11-4-2-1-3-5-11/h1-10H,(H,23,27)/b16-8+. The van der Waals surface area contributed by atoms with Gasteiger partial charge < -0.3 is 9.73 Å². The highest BCUT2D eigenvalue weighted by molar-refractivity contribution is 6.37. The van der Waals surface area contributed by atoms with Crippen LogP contribution in [0.3, 0.4) is 0 Å². The Balaban J connectivity index is 1.65. The van der Waals surface area contributed by atoms with Gasteiger partial charge in [-0.05, 0) is 30.3 Å². The van der Waals surface area contributed by atoms with Crippen LogP contribution in [0.5, 0.6) is 0 Å². The number of benzene rings is 2. The van der Waals surface area contributed by atoms with Gasteiger partial charge in [0.15, 0.2) is 0 Å². The monoisotopic (exact) mass is 443 g/mol. The quantitative estimate of drug-likeness (QED) is 0.256. The zero-order valence-electron chi connectivity index (χ0n) is 15.0. The molecule has 3 amide bonds. The second-order valence-electron chi connectivity index (χ2n) is 6.21. The van der Waals surface area contributed by atoms with E-state index in [1.54, 1.807) is 42.5 Å². The van der Waals surface area contributed by atoms with Crippen molar-refractivity contribution in [1.29, 1.82) is 0 Å². The number of amides is 3. The minimum absolute atomic E-state index is 0.0259. The van der Waals surface area contributed by atoms with Crippen molar-refractivity contribution in [2.45, 2.75) is 0 Å². The number of halogens is 2. The van der Waals surface area contributed by atoms with Crippen LogP contribution in [-0.2, 0) is 4.79 Å². The predicted octanol–water partition coefficient (Wildman–Crippen LogP) is 5.26. The molecule has 0 spiro atoms. The highest BCUT2D eigenvalue weighted by atomic mass is 35.5. The van der Waals surface area contributed by atoms with Crippen molar-refractivity contribution in [2.75, 3.05) is 4.90 Å². The van der Waals surface area contributed by atoms with Gasteiger partial charge in [0.1, 0.15) is 22.2 Å². The highest BCUT2D eigenvalue weighted by Gasteiger charge is 2.35. The maximum Gasteiger partial charge on any atom is 0.333 e. The van der Waals surface area contributed by atoms with Gasteiger partial charge >= 0.3 is 6.03 Å². The third-order valence-electron chi connectivity index (χ3n) is 4.30. The number of hydrogen-bond acceptors (Lipinski definition) is 5. The number of nitro benzene ring substituents is 1. The molecule has 0 aliphatic carbocycles. The number of imide groups is 1. The maximum absolute atomic E-state index is 12.6. The molecule has 2 heterocycles. The third-order valence-corrected chi connectivity index (χ3v) is 4.92. The van der Waals surface area contributed by atoms with Gasteiger partial charge in [0.05, 0.1) is 15.6 Å². The van der Waals surface area contributed by atoms with E-state index in [9.17, 15) is 19.7 Å². The molecular weight excluding hydrogens is 433 g/mol. The van der Waals surface area contributed by atoms with E-state index in [1.165, 1.54) is 18.2 Å². The van der Waals surface area contributed by atoms with Crippen molar-refractivity contribution >= 4 is 52.6 Å². The number of nitrogens with zero attached hydrogens (tertiary/aromatic N) is 2. The Morgan fingerprint density at radius 2 is 1.77 bits per heavy atom. The molecule has 1 fully saturated rings. The number of para-hydroxylation sites is 1. The Bertz CT molecular complexity index is 1220. The van der Waals surface area contributed by atoms with Crippen molar-refractivity contribution in [2.24, 2.45) is 0 Å². The van der Waals surface area contributed by atoms with Crippen molar-refractivity contribution in [3.63, 3.8) is 0 Å². The summed E-state index contributed by atoms with van der Waals surface area (Å²) in [4.78, 5) is 36.4. The average molecular weight is 444 g/mol. The third kappa shape index (κ3) is 3.54. The van der Waals surface area contributed by atoms with E-state index in [0.29, 0.717) is 5.69 Å². The van der Waals surface area contributed by atoms with Gasteiger partial charge in [-0.3, -0.25) is 14.9 Å². The first-order valence-electron chi connectivity index (χ1n) is 8.51. The first-order valence-corrected chi connectivity index (χ1v) is 9.26. The molecule has 1 aliphatic heterocycles. The van der Waals surface area contributed by atoms with Crippen LogP contribution >= 0.6 is 23.2 Å². The molecule has 150 valence electrons. The highest BCUT2D eigenvalue weighted by Crippen LogP contribution is 2.37. The molecule has 8 nitrogen and oxygen atoms in total. The maximum atomic E-state index is 12.6. The Labute approximate surface area is 179 Å². The van der Waals surface area contributed by atoms with Crippen molar-refractivity contribution in [3.8, 4) is 11.3 Å². The van der Waals surface area contributed by atoms with E-state index >= 15 is 0 Å². The topological polar surface area (TPSA) is 106 Å². The van der Waals surface area contributed by atoms with Gasteiger partial charge in [-0.2, -0.15) is 0 Å². The lowest BCUT2D eigenvalue weighted by molar-refractivity contribution is -0.384. The summed E-state index contributed by atoms with van der Waals surface area (Å²) in [6.07, 6.45) is 1.37. The van der Waals surface area contributed by atoms with Gasteiger partial charge in [-0.15, -0.1) is 0 Å². The first kappa shape index (κ1) is 19.7. The largest absolute Gasteiger partial charge is 0.457 e. The van der Waals surface area contributed by atoms with Crippen LogP contribution in [0.15, 0.2) is 64.7 Å². The molecule has 1 saturated heterocycles. The van der Waals surface area contributed by atoms with Crippen molar-refractivity contribution in [1.82, 2.24) is 5.32 Å². The second kappa shape index (κ2) is 7.66. The van der Waals surface area contributed by atoms with Gasteiger partial charge in [0.25, 0.3) is 11.6 Å². The summed E-state index contributed by atoms with van der Waals surface area (Å²) in [6.45, 7) is 0. The van der Waals surface area contributed by atoms with Gasteiger partial charge in [0.2, 0.25) is 0 Å². The SMILES string of the molecule is O=C1N/C(=C/c2ccc(-c3cc([N+](=O)[O-])c(Cl)cc3Cl)o2)C(=O)N1c1ccccc1. The number of carbonyl (C=O) groups excluding carboxylic acids is 2. The van der Waals surface area contributed by atoms with Crippen LogP contribution in [0, 0.1) is 10.1 Å². The fraction of sp³-hybridized carbons (Fsp3) is 0. The summed E-state index contributed by atoms with van der Waals surface area (Å²) < 4.78 is 5.66. The number of nitrogens with one attached hydrogen (secondary N) is 1. The number of hydrogen-bond donors (Lipinski definition) is 1. The Hall–Kier alpha value is -3.62. The molecule has 30 heavy (non-hydrogen) atoms. The van der Waals surface area contributed by atoms with Gasteiger partial charge in [-0.25, -0.2) is 9.69 Å². The molecule has 1 aromatic heterocycles. The van der Waals surface area contributed by atoms with Crippen LogP contribution in [-0.4, -0.2) is 16.9 Å². The molecular formula is C20H11Cl2N3O5. The number of nitro groups is 1. The van der Waals surface area contributed by atoms with E-state index < -0.39 is 16.9 Å². The van der Waals surface area contributed by atoms with Crippen LogP contribution in [0.2, 0.25) is 10.0 Å². The van der Waals surface area contributed by atoms with Gasteiger partial charge in [-0.1, -0.05) is 41.4 Å². The number of anilines is 1. The van der Waals surface area contributed by atoms with Crippen LogP contribution in [0.25, 0.3) is 17.4 Å². The molecule has 10 heteroatoms. The number of carbonyl (C=O) groups is 2.